The molecule has 0 heterocycles. The van der Waals surface area contributed by atoms with Crippen LogP contribution in [0.3, 0.4) is 0 Å². The number of benzene rings is 2. The van der Waals surface area contributed by atoms with E-state index in [0.29, 0.717) is 6.61 Å². The van der Waals surface area contributed by atoms with Crippen molar-refractivity contribution in [3.63, 3.8) is 0 Å². The van der Waals surface area contributed by atoms with Gasteiger partial charge < -0.3 is 14.9 Å². The predicted molar refractivity (Wildman–Crippen MR) is 79.5 cm³/mol. The van der Waals surface area contributed by atoms with Crippen LogP contribution >= 0.6 is 0 Å². The minimum atomic E-state index is -0.938. The molecule has 0 spiro atoms. The van der Waals surface area contributed by atoms with Crippen molar-refractivity contribution in [3.8, 4) is 5.75 Å². The normalized spacial score (nSPS) is 12.0. The van der Waals surface area contributed by atoms with Crippen molar-refractivity contribution in [1.29, 1.82) is 0 Å². The van der Waals surface area contributed by atoms with Crippen molar-refractivity contribution in [1.82, 2.24) is 0 Å². The lowest BCUT2D eigenvalue weighted by Gasteiger charge is -2.12. The smallest absolute Gasteiger partial charge is 0.335 e. The molecule has 0 aliphatic heterocycles. The Morgan fingerprint density at radius 3 is 2.38 bits per heavy atom. The second-order valence-electron chi connectivity index (χ2n) is 4.99. The van der Waals surface area contributed by atoms with Gasteiger partial charge in [-0.05, 0) is 54.8 Å². The molecule has 1 atom stereocenters. The molecule has 0 aliphatic carbocycles. The van der Waals surface area contributed by atoms with E-state index in [0.717, 1.165) is 22.4 Å². The summed E-state index contributed by atoms with van der Waals surface area (Å²) in [6.45, 7) is 4.02. The Kier molecular flexibility index (Phi) is 4.60. The summed E-state index contributed by atoms with van der Waals surface area (Å²) in [6.07, 6.45) is -0.499. The van der Waals surface area contributed by atoms with Crippen LogP contribution in [0.1, 0.15) is 40.1 Å². The fraction of sp³-hybridized carbons (Fsp3) is 0.235. The highest BCUT2D eigenvalue weighted by atomic mass is 16.5. The molecule has 0 aliphatic rings. The maximum absolute atomic E-state index is 10.8. The van der Waals surface area contributed by atoms with Gasteiger partial charge in [-0.2, -0.15) is 0 Å². The Morgan fingerprint density at radius 1 is 1.19 bits per heavy atom. The van der Waals surface area contributed by atoms with Gasteiger partial charge in [0.15, 0.2) is 0 Å². The Labute approximate surface area is 123 Å². The number of aliphatic hydroxyl groups excluding tert-OH is 1. The van der Waals surface area contributed by atoms with Crippen molar-refractivity contribution in [2.24, 2.45) is 0 Å². The van der Waals surface area contributed by atoms with E-state index in [2.05, 4.69) is 0 Å². The molecule has 2 rings (SSSR count). The van der Waals surface area contributed by atoms with Crippen LogP contribution in [0, 0.1) is 6.92 Å². The fourth-order valence-corrected chi connectivity index (χ4v) is 2.00. The first kappa shape index (κ1) is 15.1. The summed E-state index contributed by atoms with van der Waals surface area (Å²) < 4.78 is 5.73. The number of carboxylic acids is 1. The highest BCUT2D eigenvalue weighted by Crippen LogP contribution is 2.23. The average molecular weight is 286 g/mol. The number of carbonyl (C=O) groups is 1. The Balaban J connectivity index is 2.04. The maximum atomic E-state index is 10.8. The summed E-state index contributed by atoms with van der Waals surface area (Å²) >= 11 is 0. The van der Waals surface area contributed by atoms with Gasteiger partial charge in [-0.25, -0.2) is 4.79 Å². The fourth-order valence-electron chi connectivity index (χ4n) is 2.00. The standard InChI is InChI=1S/C17H18O4/c1-11-9-15(12(2)18)7-8-16(11)21-10-13-3-5-14(6-4-13)17(19)20/h3-9,12,18H,10H2,1-2H3,(H,19,20)/t12-/m0/s1. The molecule has 21 heavy (non-hydrogen) atoms. The van der Waals surface area contributed by atoms with Gasteiger partial charge in [-0.1, -0.05) is 18.2 Å². The third kappa shape index (κ3) is 3.83. The molecule has 0 saturated heterocycles. The SMILES string of the molecule is Cc1cc([C@H](C)O)ccc1OCc1ccc(C(=O)O)cc1. The minimum Gasteiger partial charge on any atom is -0.489 e. The molecule has 2 aromatic rings. The van der Waals surface area contributed by atoms with E-state index < -0.39 is 12.1 Å². The largest absolute Gasteiger partial charge is 0.489 e. The molecule has 2 N–H and O–H groups in total. The maximum Gasteiger partial charge on any atom is 0.335 e. The molecule has 0 radical (unpaired) electrons. The van der Waals surface area contributed by atoms with E-state index in [1.54, 1.807) is 31.2 Å². The van der Waals surface area contributed by atoms with Gasteiger partial charge in [-0.15, -0.1) is 0 Å². The van der Waals surface area contributed by atoms with Crippen LogP contribution in [0.15, 0.2) is 42.5 Å². The van der Waals surface area contributed by atoms with Crippen molar-refractivity contribution in [3.05, 3.63) is 64.7 Å². The Morgan fingerprint density at radius 2 is 1.86 bits per heavy atom. The number of ether oxygens (including phenoxy) is 1. The average Bonchev–Trinajstić information content (AvgIpc) is 2.46. The van der Waals surface area contributed by atoms with Gasteiger partial charge in [0, 0.05) is 0 Å². The lowest BCUT2D eigenvalue weighted by Crippen LogP contribution is -2.00. The predicted octanol–water partition coefficient (Wildman–Crippen LogP) is 3.33. The second kappa shape index (κ2) is 6.41. The molecule has 0 unspecified atom stereocenters. The van der Waals surface area contributed by atoms with E-state index in [1.807, 2.05) is 25.1 Å². The first-order chi connectivity index (χ1) is 9.97. The Bertz CT molecular complexity index is 630. The quantitative estimate of drug-likeness (QED) is 0.884. The molecule has 0 aromatic heterocycles. The monoisotopic (exact) mass is 286 g/mol. The third-order valence-electron chi connectivity index (χ3n) is 3.28. The zero-order chi connectivity index (χ0) is 15.4. The molecule has 110 valence electrons. The van der Waals surface area contributed by atoms with E-state index in [-0.39, 0.29) is 5.56 Å². The summed E-state index contributed by atoms with van der Waals surface area (Å²) in [6, 6.07) is 12.2. The van der Waals surface area contributed by atoms with E-state index >= 15 is 0 Å². The molecule has 0 saturated carbocycles. The lowest BCUT2D eigenvalue weighted by atomic mass is 10.1. The first-order valence-electron chi connectivity index (χ1n) is 6.71. The van der Waals surface area contributed by atoms with E-state index in [9.17, 15) is 9.90 Å². The molecular formula is C17H18O4. The zero-order valence-corrected chi connectivity index (χ0v) is 12.0. The van der Waals surface area contributed by atoms with Gasteiger partial charge in [0.1, 0.15) is 12.4 Å². The summed E-state index contributed by atoms with van der Waals surface area (Å²) in [7, 11) is 0. The number of aryl methyl sites for hydroxylation is 1. The molecule has 4 heteroatoms. The highest BCUT2D eigenvalue weighted by Gasteiger charge is 2.06. The van der Waals surface area contributed by atoms with E-state index in [1.165, 1.54) is 0 Å². The topological polar surface area (TPSA) is 66.8 Å². The first-order valence-corrected chi connectivity index (χ1v) is 6.71. The Hall–Kier alpha value is -2.33. The summed E-state index contributed by atoms with van der Waals surface area (Å²) in [5, 5.41) is 18.4. The van der Waals surface area contributed by atoms with Crippen LogP contribution in [0.2, 0.25) is 0 Å². The van der Waals surface area contributed by atoms with Crippen molar-refractivity contribution in [2.75, 3.05) is 0 Å². The summed E-state index contributed by atoms with van der Waals surface area (Å²) in [5.74, 6) is -0.186. The van der Waals surface area contributed by atoms with Crippen LogP contribution in [-0.4, -0.2) is 16.2 Å². The number of hydrogen-bond donors (Lipinski definition) is 2. The van der Waals surface area contributed by atoms with Crippen LogP contribution in [0.25, 0.3) is 0 Å². The van der Waals surface area contributed by atoms with Crippen molar-refractivity contribution >= 4 is 5.97 Å². The molecule has 0 bridgehead atoms. The third-order valence-corrected chi connectivity index (χ3v) is 3.28. The van der Waals surface area contributed by atoms with Crippen LogP contribution in [0.5, 0.6) is 5.75 Å². The zero-order valence-electron chi connectivity index (χ0n) is 12.0. The molecule has 4 nitrogen and oxygen atoms in total. The molecule has 2 aromatic carbocycles. The molecule has 0 fully saturated rings. The number of aromatic carboxylic acids is 1. The van der Waals surface area contributed by atoms with Crippen molar-refractivity contribution < 1.29 is 19.7 Å². The van der Waals surface area contributed by atoms with Gasteiger partial charge >= 0.3 is 5.97 Å². The molecule has 0 amide bonds. The van der Waals surface area contributed by atoms with E-state index in [4.69, 9.17) is 9.84 Å². The summed E-state index contributed by atoms with van der Waals surface area (Å²) in [4.78, 5) is 10.8. The van der Waals surface area contributed by atoms with Crippen LogP contribution in [0.4, 0.5) is 0 Å². The van der Waals surface area contributed by atoms with Gasteiger partial charge in [-0.3, -0.25) is 0 Å². The van der Waals surface area contributed by atoms with Gasteiger partial charge in [0.2, 0.25) is 0 Å². The summed E-state index contributed by atoms with van der Waals surface area (Å²) in [5.41, 5.74) is 2.97. The number of rotatable bonds is 5. The number of aliphatic hydroxyl groups is 1. The van der Waals surface area contributed by atoms with Crippen LogP contribution < -0.4 is 4.74 Å². The minimum absolute atomic E-state index is 0.260. The second-order valence-corrected chi connectivity index (χ2v) is 4.99. The lowest BCUT2D eigenvalue weighted by molar-refractivity contribution is 0.0697. The van der Waals surface area contributed by atoms with Gasteiger partial charge in [0.25, 0.3) is 0 Å². The van der Waals surface area contributed by atoms with Crippen molar-refractivity contribution in [2.45, 2.75) is 26.6 Å². The van der Waals surface area contributed by atoms with Crippen LogP contribution in [-0.2, 0) is 6.61 Å². The highest BCUT2D eigenvalue weighted by molar-refractivity contribution is 5.87. The van der Waals surface area contributed by atoms with Gasteiger partial charge in [0.05, 0.1) is 11.7 Å². The molecular weight excluding hydrogens is 268 g/mol. The number of carboxylic acid groups (broad SMARTS) is 1. The number of hydrogen-bond acceptors (Lipinski definition) is 3.